The third-order valence-electron chi connectivity index (χ3n) is 5.60. The molecule has 2 aliphatic rings. The first-order valence-corrected chi connectivity index (χ1v) is 12.8. The molecule has 180 valence electrons. The molecule has 0 saturated carbocycles. The molecule has 2 atom stereocenters. The van der Waals surface area contributed by atoms with Crippen LogP contribution in [0.4, 0.5) is 5.69 Å². The van der Waals surface area contributed by atoms with E-state index in [4.69, 9.17) is 34.8 Å². The Hall–Kier alpha value is -2.21. The Balaban J connectivity index is 1.43. The Labute approximate surface area is 211 Å². The van der Waals surface area contributed by atoms with Crippen molar-refractivity contribution in [2.45, 2.75) is 36.2 Å². The summed E-state index contributed by atoms with van der Waals surface area (Å²) in [6.07, 6.45) is 0.612. The molecule has 2 aromatic carbocycles. The summed E-state index contributed by atoms with van der Waals surface area (Å²) in [5.74, 6) is -1.69. The van der Waals surface area contributed by atoms with Gasteiger partial charge in [0.1, 0.15) is 12.1 Å². The van der Waals surface area contributed by atoms with Crippen LogP contribution in [0.5, 0.6) is 0 Å². The topological polar surface area (TPSA) is 116 Å². The molecule has 9 nitrogen and oxygen atoms in total. The van der Waals surface area contributed by atoms with Crippen molar-refractivity contribution >= 4 is 68.2 Å². The highest BCUT2D eigenvalue weighted by Crippen LogP contribution is 2.30. The normalized spacial score (nSPS) is 21.3. The summed E-state index contributed by atoms with van der Waals surface area (Å²) in [7, 11) is -3.93. The predicted octanol–water partition coefficient (Wildman–Crippen LogP) is 2.75. The van der Waals surface area contributed by atoms with Crippen molar-refractivity contribution in [1.82, 2.24) is 15.2 Å². The molecule has 2 N–H and O–H groups in total. The Morgan fingerprint density at radius 2 is 1.71 bits per heavy atom. The lowest BCUT2D eigenvalue weighted by molar-refractivity contribution is -0.126. The molecule has 2 heterocycles. The number of amides is 3. The highest BCUT2D eigenvalue weighted by molar-refractivity contribution is 7.89. The van der Waals surface area contributed by atoms with E-state index in [1.165, 1.54) is 42.5 Å². The average Bonchev–Trinajstić information content (AvgIpc) is 3.40. The lowest BCUT2D eigenvalue weighted by Crippen LogP contribution is -2.54. The fourth-order valence-corrected chi connectivity index (χ4v) is 5.99. The predicted molar refractivity (Wildman–Crippen MR) is 127 cm³/mol. The Bertz CT molecular complexity index is 1260. The molecule has 0 radical (unpaired) electrons. The monoisotopic (exact) mass is 544 g/mol. The van der Waals surface area contributed by atoms with Crippen molar-refractivity contribution in [1.29, 1.82) is 0 Å². The smallest absolute Gasteiger partial charge is 0.253 e. The van der Waals surface area contributed by atoms with Crippen LogP contribution in [-0.4, -0.2) is 49.1 Å². The number of rotatable bonds is 6. The van der Waals surface area contributed by atoms with Gasteiger partial charge in [-0.25, -0.2) is 18.7 Å². The first-order valence-electron chi connectivity index (χ1n) is 10.2. The maximum atomic E-state index is 13.0. The number of halogens is 3. The minimum Gasteiger partial charge on any atom is -0.289 e. The summed E-state index contributed by atoms with van der Waals surface area (Å²) in [6, 6.07) is 8.06. The van der Waals surface area contributed by atoms with E-state index in [1.54, 1.807) is 0 Å². The van der Waals surface area contributed by atoms with Gasteiger partial charge in [0.25, 0.3) is 11.8 Å². The number of benzene rings is 2. The van der Waals surface area contributed by atoms with Crippen molar-refractivity contribution in [2.75, 3.05) is 11.4 Å². The molecule has 2 aromatic rings. The standard InChI is InChI=1S/C21H19Cl3N4O5S/c22-12-3-6-14(7-4-12)34(32,33)27-9-1-2-18(27)20(30)26-25-17-11-19(29)28(21(17)31)13-5-8-15(23)16(24)10-13/h3-8,10,17-18,25H,1-2,9,11H2,(H,26,30). The third kappa shape index (κ3) is 4.79. The van der Waals surface area contributed by atoms with Crippen LogP contribution < -0.4 is 15.8 Å². The van der Waals surface area contributed by atoms with Gasteiger partial charge in [-0.15, -0.1) is 0 Å². The summed E-state index contributed by atoms with van der Waals surface area (Å²) in [5.41, 5.74) is 5.24. The van der Waals surface area contributed by atoms with Gasteiger partial charge in [-0.1, -0.05) is 34.8 Å². The summed E-state index contributed by atoms with van der Waals surface area (Å²) < 4.78 is 27.2. The van der Waals surface area contributed by atoms with Crippen LogP contribution in [0.2, 0.25) is 15.1 Å². The molecule has 2 fully saturated rings. The second-order valence-electron chi connectivity index (χ2n) is 7.78. The highest BCUT2D eigenvalue weighted by Gasteiger charge is 2.42. The molecule has 2 unspecified atom stereocenters. The minimum absolute atomic E-state index is 0.0263. The number of imide groups is 1. The van der Waals surface area contributed by atoms with Crippen molar-refractivity contribution in [3.63, 3.8) is 0 Å². The molecule has 2 saturated heterocycles. The molecule has 0 aromatic heterocycles. The molecule has 3 amide bonds. The number of carbonyl (C=O) groups excluding carboxylic acids is 3. The van der Waals surface area contributed by atoms with E-state index in [1.807, 2.05) is 0 Å². The number of nitrogens with one attached hydrogen (secondary N) is 2. The number of anilines is 1. The van der Waals surface area contributed by atoms with Gasteiger partial charge < -0.3 is 0 Å². The van der Waals surface area contributed by atoms with Crippen LogP contribution in [0, 0.1) is 0 Å². The van der Waals surface area contributed by atoms with E-state index in [-0.39, 0.29) is 33.6 Å². The molecule has 2 aliphatic heterocycles. The van der Waals surface area contributed by atoms with Crippen LogP contribution in [-0.2, 0) is 24.4 Å². The maximum Gasteiger partial charge on any atom is 0.253 e. The van der Waals surface area contributed by atoms with Crippen LogP contribution in [0.3, 0.4) is 0 Å². The summed E-state index contributed by atoms with van der Waals surface area (Å²) in [4.78, 5) is 39.0. The minimum atomic E-state index is -3.93. The number of hydrazine groups is 1. The van der Waals surface area contributed by atoms with Crippen molar-refractivity contribution < 1.29 is 22.8 Å². The Kier molecular flexibility index (Phi) is 7.18. The van der Waals surface area contributed by atoms with Gasteiger partial charge in [-0.3, -0.25) is 19.8 Å². The van der Waals surface area contributed by atoms with Gasteiger partial charge in [0.2, 0.25) is 15.9 Å². The summed E-state index contributed by atoms with van der Waals surface area (Å²) >= 11 is 17.7. The number of hydrogen-bond acceptors (Lipinski definition) is 6. The maximum absolute atomic E-state index is 13.0. The fourth-order valence-electron chi connectivity index (χ4n) is 3.91. The lowest BCUT2D eigenvalue weighted by atomic mass is 10.2. The second-order valence-corrected chi connectivity index (χ2v) is 10.9. The highest BCUT2D eigenvalue weighted by atomic mass is 35.5. The van der Waals surface area contributed by atoms with Crippen molar-refractivity contribution in [3.05, 3.63) is 57.5 Å². The van der Waals surface area contributed by atoms with Gasteiger partial charge in [0.05, 0.1) is 27.0 Å². The quantitative estimate of drug-likeness (QED) is 0.426. The number of hydrogen-bond donors (Lipinski definition) is 2. The van der Waals surface area contributed by atoms with Gasteiger partial charge in [-0.2, -0.15) is 4.31 Å². The molecule has 4 rings (SSSR count). The van der Waals surface area contributed by atoms with Crippen molar-refractivity contribution in [3.8, 4) is 0 Å². The van der Waals surface area contributed by atoms with E-state index in [0.717, 1.165) is 9.21 Å². The number of carbonyl (C=O) groups is 3. The van der Waals surface area contributed by atoms with Crippen molar-refractivity contribution in [2.24, 2.45) is 0 Å². The van der Waals surface area contributed by atoms with Crippen LogP contribution in [0.25, 0.3) is 0 Å². The lowest BCUT2D eigenvalue weighted by Gasteiger charge is -2.24. The largest absolute Gasteiger partial charge is 0.289 e. The molecule has 13 heteroatoms. The Morgan fingerprint density at radius 3 is 2.38 bits per heavy atom. The van der Waals surface area contributed by atoms with E-state index < -0.39 is 39.8 Å². The first kappa shape index (κ1) is 24.9. The summed E-state index contributed by atoms with van der Waals surface area (Å²) in [5, 5.41) is 0.860. The molecule has 0 spiro atoms. The average molecular weight is 546 g/mol. The SMILES string of the molecule is O=C(NNC1CC(=O)N(c2ccc(Cl)c(Cl)c2)C1=O)C1CCCN1S(=O)(=O)c1ccc(Cl)cc1. The molecule has 34 heavy (non-hydrogen) atoms. The first-order chi connectivity index (χ1) is 16.1. The zero-order valence-electron chi connectivity index (χ0n) is 17.5. The van der Waals surface area contributed by atoms with Gasteiger partial charge in [0.15, 0.2) is 0 Å². The molecule has 0 bridgehead atoms. The van der Waals surface area contributed by atoms with E-state index in [2.05, 4.69) is 10.9 Å². The zero-order chi connectivity index (χ0) is 24.6. The van der Waals surface area contributed by atoms with E-state index in [0.29, 0.717) is 17.9 Å². The zero-order valence-corrected chi connectivity index (χ0v) is 20.6. The molecule has 0 aliphatic carbocycles. The molecular weight excluding hydrogens is 527 g/mol. The van der Waals surface area contributed by atoms with Crippen LogP contribution in [0.15, 0.2) is 47.4 Å². The molecular formula is C21H19Cl3N4O5S. The van der Waals surface area contributed by atoms with Gasteiger partial charge >= 0.3 is 0 Å². The van der Waals surface area contributed by atoms with E-state index >= 15 is 0 Å². The number of nitrogens with zero attached hydrogens (tertiary/aromatic N) is 2. The second kappa shape index (κ2) is 9.80. The summed E-state index contributed by atoms with van der Waals surface area (Å²) in [6.45, 7) is 0.176. The van der Waals surface area contributed by atoms with Gasteiger partial charge in [0, 0.05) is 11.6 Å². The fraction of sp³-hybridized carbons (Fsp3) is 0.286. The van der Waals surface area contributed by atoms with Gasteiger partial charge in [-0.05, 0) is 55.3 Å². The number of sulfonamides is 1. The van der Waals surface area contributed by atoms with E-state index in [9.17, 15) is 22.8 Å². The third-order valence-corrected chi connectivity index (χ3v) is 8.52. The van der Waals surface area contributed by atoms with Crippen LogP contribution >= 0.6 is 34.8 Å². The van der Waals surface area contributed by atoms with Crippen LogP contribution in [0.1, 0.15) is 19.3 Å². The Morgan fingerprint density at radius 1 is 1.00 bits per heavy atom.